The number of para-hydroxylation sites is 1. The smallest absolute Gasteiger partial charge is 0.287 e. The minimum atomic E-state index is -0.767. The van der Waals surface area contributed by atoms with Crippen LogP contribution in [0.4, 0.5) is 0 Å². The number of nitrogens with zero attached hydrogens (tertiary/aromatic N) is 1. The van der Waals surface area contributed by atoms with Crippen LogP contribution in [0, 0.1) is 18.8 Å². The lowest BCUT2D eigenvalue weighted by molar-refractivity contribution is -0.137. The zero-order chi connectivity index (χ0) is 24.1. The Morgan fingerprint density at radius 1 is 1.27 bits per heavy atom. The zero-order valence-electron chi connectivity index (χ0n) is 19.8. The van der Waals surface area contributed by atoms with E-state index in [1.165, 1.54) is 4.90 Å². The molecule has 2 aromatic rings. The fourth-order valence-electron chi connectivity index (χ4n) is 4.15. The van der Waals surface area contributed by atoms with Gasteiger partial charge in [0, 0.05) is 24.9 Å². The summed E-state index contributed by atoms with van der Waals surface area (Å²) in [6.07, 6.45) is 1.31. The Hall–Kier alpha value is -3.16. The summed E-state index contributed by atoms with van der Waals surface area (Å²) in [5.41, 5.74) is 1.56. The van der Waals surface area contributed by atoms with Gasteiger partial charge < -0.3 is 20.0 Å². The molecule has 8 nitrogen and oxygen atoms in total. The van der Waals surface area contributed by atoms with Crippen molar-refractivity contribution in [3.8, 4) is 0 Å². The summed E-state index contributed by atoms with van der Waals surface area (Å²) in [6, 6.07) is 6.57. The van der Waals surface area contributed by atoms with Crippen LogP contribution < -0.4 is 10.6 Å². The first-order valence-corrected chi connectivity index (χ1v) is 11.6. The Morgan fingerprint density at radius 2 is 2.03 bits per heavy atom. The number of hydrogen-bond donors (Lipinski definition) is 2. The normalized spacial score (nSPS) is 16.6. The number of fused-ring (bicyclic) bond motifs is 1. The third kappa shape index (κ3) is 6.00. The summed E-state index contributed by atoms with van der Waals surface area (Å²) in [5.74, 6) is -1.03. The van der Waals surface area contributed by atoms with Gasteiger partial charge in [0.2, 0.25) is 11.8 Å². The van der Waals surface area contributed by atoms with Gasteiger partial charge in [-0.3, -0.25) is 19.2 Å². The third-order valence-corrected chi connectivity index (χ3v) is 5.97. The lowest BCUT2D eigenvalue weighted by atomic mass is 9.99. The number of Topliss-reactive ketones (excluding diaryl/α,β-unsaturated/α-hetero) is 1. The second-order valence-corrected chi connectivity index (χ2v) is 9.13. The van der Waals surface area contributed by atoms with Crippen LogP contribution in [-0.2, 0) is 14.4 Å². The monoisotopic (exact) mass is 455 g/mol. The average Bonchev–Trinajstić information content (AvgIpc) is 3.39. The van der Waals surface area contributed by atoms with Gasteiger partial charge in [0.15, 0.2) is 11.5 Å². The van der Waals surface area contributed by atoms with Crippen LogP contribution in [0.25, 0.3) is 11.0 Å². The van der Waals surface area contributed by atoms with E-state index in [1.54, 1.807) is 13.0 Å². The Morgan fingerprint density at radius 3 is 2.64 bits per heavy atom. The van der Waals surface area contributed by atoms with E-state index >= 15 is 0 Å². The van der Waals surface area contributed by atoms with Gasteiger partial charge in [0.05, 0.1) is 18.5 Å². The van der Waals surface area contributed by atoms with E-state index < -0.39 is 11.9 Å². The number of rotatable bonds is 10. The maximum Gasteiger partial charge on any atom is 0.287 e. The molecule has 1 aliphatic rings. The molecule has 33 heavy (non-hydrogen) atoms. The maximum atomic E-state index is 13.2. The number of hydrogen-bond acceptors (Lipinski definition) is 5. The summed E-state index contributed by atoms with van der Waals surface area (Å²) >= 11 is 0. The fourth-order valence-corrected chi connectivity index (χ4v) is 4.15. The van der Waals surface area contributed by atoms with Gasteiger partial charge in [0.1, 0.15) is 5.58 Å². The number of furan rings is 1. The van der Waals surface area contributed by atoms with Crippen molar-refractivity contribution in [3.05, 3.63) is 35.6 Å². The van der Waals surface area contributed by atoms with Crippen molar-refractivity contribution < 1.29 is 23.6 Å². The molecule has 2 atom stereocenters. The van der Waals surface area contributed by atoms with Gasteiger partial charge in [-0.15, -0.1) is 0 Å². The van der Waals surface area contributed by atoms with E-state index in [4.69, 9.17) is 4.42 Å². The summed E-state index contributed by atoms with van der Waals surface area (Å²) < 4.78 is 5.75. The van der Waals surface area contributed by atoms with E-state index in [-0.39, 0.29) is 54.7 Å². The van der Waals surface area contributed by atoms with Crippen molar-refractivity contribution >= 4 is 34.5 Å². The van der Waals surface area contributed by atoms with Crippen LogP contribution in [0.3, 0.4) is 0 Å². The van der Waals surface area contributed by atoms with E-state index in [9.17, 15) is 19.2 Å². The fraction of sp³-hybridized carbons (Fsp3) is 0.520. The molecule has 8 heteroatoms. The number of ketones is 1. The predicted molar refractivity (Wildman–Crippen MR) is 125 cm³/mol. The Labute approximate surface area is 194 Å². The minimum absolute atomic E-state index is 0.0939. The van der Waals surface area contributed by atoms with Crippen LogP contribution >= 0.6 is 0 Å². The summed E-state index contributed by atoms with van der Waals surface area (Å²) in [4.78, 5) is 52.1. The molecule has 0 saturated carbocycles. The third-order valence-electron chi connectivity index (χ3n) is 5.97. The molecule has 0 bridgehead atoms. The topological polar surface area (TPSA) is 109 Å². The molecule has 3 amide bonds. The highest BCUT2D eigenvalue weighted by Gasteiger charge is 2.31. The van der Waals surface area contributed by atoms with Crippen molar-refractivity contribution in [2.45, 2.75) is 53.0 Å². The number of amides is 3. The second-order valence-electron chi connectivity index (χ2n) is 9.13. The van der Waals surface area contributed by atoms with Crippen LogP contribution in [0.2, 0.25) is 0 Å². The molecule has 2 heterocycles. The molecule has 1 saturated heterocycles. The van der Waals surface area contributed by atoms with E-state index in [0.717, 1.165) is 10.9 Å². The minimum Gasteiger partial charge on any atom is -0.451 e. The Balaban J connectivity index is 1.74. The van der Waals surface area contributed by atoms with Crippen molar-refractivity contribution in [2.75, 3.05) is 19.6 Å². The molecular formula is C25H33N3O5. The highest BCUT2D eigenvalue weighted by Crippen LogP contribution is 2.23. The molecule has 0 spiro atoms. The number of aryl methyl sites for hydroxylation is 1. The van der Waals surface area contributed by atoms with E-state index in [2.05, 4.69) is 10.6 Å². The maximum absolute atomic E-state index is 13.2. The van der Waals surface area contributed by atoms with Crippen LogP contribution in [-0.4, -0.2) is 54.1 Å². The summed E-state index contributed by atoms with van der Waals surface area (Å²) in [6.45, 7) is 8.20. The molecule has 1 fully saturated rings. The zero-order valence-corrected chi connectivity index (χ0v) is 19.8. The second kappa shape index (κ2) is 10.6. The summed E-state index contributed by atoms with van der Waals surface area (Å²) in [7, 11) is 0. The molecule has 1 aromatic carbocycles. The van der Waals surface area contributed by atoms with Gasteiger partial charge in [0.25, 0.3) is 5.91 Å². The van der Waals surface area contributed by atoms with E-state index in [1.807, 2.05) is 39.0 Å². The quantitative estimate of drug-likeness (QED) is 0.573. The number of carbonyl (C=O) groups excluding carboxylic acids is 4. The largest absolute Gasteiger partial charge is 0.451 e. The van der Waals surface area contributed by atoms with Gasteiger partial charge >= 0.3 is 0 Å². The SMILES string of the molecule is CCC(=O)N(CC(=O)[C@H](CC(C)C)NC(=O)c1cc2cccc(C)c2o1)C[C@@H]1CCNC1=O. The van der Waals surface area contributed by atoms with Gasteiger partial charge in [-0.05, 0) is 37.3 Å². The van der Waals surface area contributed by atoms with Gasteiger partial charge in [-0.1, -0.05) is 39.0 Å². The van der Waals surface area contributed by atoms with Crippen molar-refractivity contribution in [1.82, 2.24) is 15.5 Å². The van der Waals surface area contributed by atoms with E-state index in [0.29, 0.717) is 25.0 Å². The number of nitrogens with one attached hydrogen (secondary N) is 2. The van der Waals surface area contributed by atoms with Gasteiger partial charge in [-0.2, -0.15) is 0 Å². The number of benzene rings is 1. The van der Waals surface area contributed by atoms with Crippen molar-refractivity contribution in [1.29, 1.82) is 0 Å². The molecular weight excluding hydrogens is 422 g/mol. The highest BCUT2D eigenvalue weighted by atomic mass is 16.3. The lowest BCUT2D eigenvalue weighted by Crippen LogP contribution is -2.48. The van der Waals surface area contributed by atoms with Gasteiger partial charge in [-0.25, -0.2) is 0 Å². The first-order valence-electron chi connectivity index (χ1n) is 11.6. The van der Waals surface area contributed by atoms with Crippen LogP contribution in [0.1, 0.15) is 56.2 Å². The van der Waals surface area contributed by atoms with Crippen molar-refractivity contribution in [3.63, 3.8) is 0 Å². The molecule has 0 aliphatic carbocycles. The first kappa shape index (κ1) is 24.5. The molecule has 0 radical (unpaired) electrons. The first-order chi connectivity index (χ1) is 15.7. The molecule has 1 aromatic heterocycles. The average molecular weight is 456 g/mol. The molecule has 3 rings (SSSR count). The summed E-state index contributed by atoms with van der Waals surface area (Å²) in [5, 5.41) is 6.39. The molecule has 0 unspecified atom stereocenters. The Bertz CT molecular complexity index is 1040. The standard InChI is InChI=1S/C25H33N3O5/c1-5-22(30)28(13-18-9-10-26-24(18)31)14-20(29)19(11-15(2)3)27-25(32)21-12-17-8-6-7-16(4)23(17)33-21/h6-8,12,15,18-19H,5,9-11,13-14H2,1-4H3,(H,26,31)(H,27,32)/t18-,19-/m0/s1. The van der Waals surface area contributed by atoms with Crippen LogP contribution in [0.15, 0.2) is 28.7 Å². The van der Waals surface area contributed by atoms with Crippen molar-refractivity contribution in [2.24, 2.45) is 11.8 Å². The number of carbonyl (C=O) groups is 4. The molecule has 2 N–H and O–H groups in total. The van der Waals surface area contributed by atoms with Crippen LogP contribution in [0.5, 0.6) is 0 Å². The molecule has 1 aliphatic heterocycles. The predicted octanol–water partition coefficient (Wildman–Crippen LogP) is 2.83. The molecule has 178 valence electrons. The highest BCUT2D eigenvalue weighted by molar-refractivity contribution is 6.00. The Kier molecular flexibility index (Phi) is 7.89. The lowest BCUT2D eigenvalue weighted by Gasteiger charge is -2.27.